The van der Waals surface area contributed by atoms with Crippen LogP contribution < -0.4 is 15.4 Å². The van der Waals surface area contributed by atoms with Gasteiger partial charge in [-0.1, -0.05) is 17.8 Å². The van der Waals surface area contributed by atoms with Crippen LogP contribution >= 0.6 is 23.1 Å². The zero-order chi connectivity index (χ0) is 26.3. The summed E-state index contributed by atoms with van der Waals surface area (Å²) in [6.07, 6.45) is 2.17. The van der Waals surface area contributed by atoms with E-state index in [-0.39, 0.29) is 23.7 Å². The van der Waals surface area contributed by atoms with Gasteiger partial charge in [0.2, 0.25) is 5.91 Å². The van der Waals surface area contributed by atoms with Crippen molar-refractivity contribution in [3.63, 3.8) is 0 Å². The number of carbonyl (C=O) groups is 2. The molecule has 3 heterocycles. The smallest absolute Gasteiger partial charge is 0.255 e. The number of ether oxygens (including phenoxy) is 2. The number of nitrogens with one attached hydrogen (secondary N) is 2. The number of anilines is 2. The Hall–Kier alpha value is -3.67. The Morgan fingerprint density at radius 3 is 2.53 bits per heavy atom. The summed E-state index contributed by atoms with van der Waals surface area (Å²) in [4.78, 5) is 26.3. The van der Waals surface area contributed by atoms with E-state index in [0.29, 0.717) is 34.4 Å². The third-order valence-electron chi connectivity index (χ3n) is 5.98. The summed E-state index contributed by atoms with van der Waals surface area (Å²) in [5.74, 6) is 1.27. The molecule has 2 aromatic heterocycles. The fourth-order valence-corrected chi connectivity index (χ4v) is 5.51. The van der Waals surface area contributed by atoms with E-state index >= 15 is 0 Å². The molecular weight excluding hydrogens is 522 g/mol. The van der Waals surface area contributed by atoms with E-state index in [1.807, 2.05) is 17.5 Å². The molecule has 1 aliphatic heterocycles. The zero-order valence-electron chi connectivity index (χ0n) is 20.8. The third-order valence-corrected chi connectivity index (χ3v) is 7.81. The number of carbonyl (C=O) groups excluding carboxylic acids is 2. The number of hydrogen-bond acceptors (Lipinski definition) is 8. The van der Waals surface area contributed by atoms with Gasteiger partial charge in [-0.2, -0.15) is 0 Å². The van der Waals surface area contributed by atoms with Gasteiger partial charge in [-0.15, -0.1) is 21.5 Å². The summed E-state index contributed by atoms with van der Waals surface area (Å²) in [6, 6.07) is 17.9. The molecule has 0 spiro atoms. The van der Waals surface area contributed by atoms with E-state index in [9.17, 15) is 9.59 Å². The van der Waals surface area contributed by atoms with Crippen LogP contribution in [0, 0.1) is 0 Å². The maximum atomic E-state index is 12.7. The number of thioether (sulfide) groups is 1. The first kappa shape index (κ1) is 26.0. The maximum absolute atomic E-state index is 12.7. The van der Waals surface area contributed by atoms with Crippen molar-refractivity contribution in [1.29, 1.82) is 0 Å². The lowest BCUT2D eigenvalue weighted by atomic mass is 10.2. The molecule has 5 rings (SSSR count). The lowest BCUT2D eigenvalue weighted by Gasteiger charge is -2.14. The minimum Gasteiger partial charge on any atom is -0.497 e. The summed E-state index contributed by atoms with van der Waals surface area (Å²) in [7, 11) is 1.59. The van der Waals surface area contributed by atoms with E-state index < -0.39 is 0 Å². The monoisotopic (exact) mass is 549 g/mol. The molecule has 0 radical (unpaired) electrons. The van der Waals surface area contributed by atoms with Gasteiger partial charge in [-0.05, 0) is 72.8 Å². The zero-order valence-corrected chi connectivity index (χ0v) is 22.4. The van der Waals surface area contributed by atoms with Crippen LogP contribution in [0.5, 0.6) is 5.75 Å². The Bertz CT molecular complexity index is 1370. The van der Waals surface area contributed by atoms with Crippen molar-refractivity contribution < 1.29 is 19.1 Å². The number of amides is 2. The van der Waals surface area contributed by atoms with Gasteiger partial charge in [0.05, 0.1) is 30.4 Å². The topological polar surface area (TPSA) is 107 Å². The van der Waals surface area contributed by atoms with E-state index in [0.717, 1.165) is 30.2 Å². The van der Waals surface area contributed by atoms with Crippen molar-refractivity contribution in [2.75, 3.05) is 30.1 Å². The van der Waals surface area contributed by atoms with Crippen molar-refractivity contribution in [2.45, 2.75) is 30.6 Å². The Labute approximate surface area is 228 Å². The molecule has 9 nitrogen and oxygen atoms in total. The van der Waals surface area contributed by atoms with Gasteiger partial charge in [0.1, 0.15) is 5.75 Å². The summed E-state index contributed by atoms with van der Waals surface area (Å²) in [5, 5.41) is 17.2. The first-order valence-electron chi connectivity index (χ1n) is 12.2. The molecule has 0 saturated carbocycles. The first-order chi connectivity index (χ1) is 18.6. The van der Waals surface area contributed by atoms with E-state index in [1.54, 1.807) is 67.0 Å². The Kier molecular flexibility index (Phi) is 8.37. The van der Waals surface area contributed by atoms with Gasteiger partial charge in [-0.3, -0.25) is 14.2 Å². The molecule has 0 aliphatic carbocycles. The lowest BCUT2D eigenvalue weighted by molar-refractivity contribution is -0.113. The molecule has 4 aromatic rings. The van der Waals surface area contributed by atoms with Crippen LogP contribution in [0.1, 0.15) is 23.2 Å². The molecule has 1 aliphatic rings. The molecule has 1 atom stereocenters. The molecule has 196 valence electrons. The quantitative estimate of drug-likeness (QED) is 0.263. The van der Waals surface area contributed by atoms with Crippen molar-refractivity contribution in [3.05, 3.63) is 71.6 Å². The number of benzene rings is 2. The van der Waals surface area contributed by atoms with E-state index in [1.165, 1.54) is 11.8 Å². The largest absolute Gasteiger partial charge is 0.497 e. The van der Waals surface area contributed by atoms with Crippen LogP contribution in [0.25, 0.3) is 10.7 Å². The van der Waals surface area contributed by atoms with Gasteiger partial charge < -0.3 is 20.1 Å². The predicted molar refractivity (Wildman–Crippen MR) is 149 cm³/mol. The van der Waals surface area contributed by atoms with Gasteiger partial charge in [0.15, 0.2) is 11.0 Å². The van der Waals surface area contributed by atoms with Crippen LogP contribution in [-0.4, -0.2) is 52.2 Å². The standard InChI is InChI=1S/C27H27N5O4S2/c1-35-21-12-10-20(11-13-21)29-26(34)18-6-8-19(9-7-18)28-24(33)17-38-27-31-30-25(23-5-3-15-37-23)32(27)16-22-4-2-14-36-22/h3,5-13,15,22H,2,4,14,16-17H2,1H3,(H,28,33)(H,29,34). The lowest BCUT2D eigenvalue weighted by Crippen LogP contribution is -2.18. The first-order valence-corrected chi connectivity index (χ1v) is 14.0. The van der Waals surface area contributed by atoms with Crippen molar-refractivity contribution in [1.82, 2.24) is 14.8 Å². The Morgan fingerprint density at radius 1 is 1.08 bits per heavy atom. The molecular formula is C27H27N5O4S2. The highest BCUT2D eigenvalue weighted by Gasteiger charge is 2.22. The molecule has 2 aromatic carbocycles. The molecule has 1 fully saturated rings. The highest BCUT2D eigenvalue weighted by Crippen LogP contribution is 2.29. The highest BCUT2D eigenvalue weighted by molar-refractivity contribution is 7.99. The van der Waals surface area contributed by atoms with E-state index in [4.69, 9.17) is 9.47 Å². The highest BCUT2D eigenvalue weighted by atomic mass is 32.2. The normalized spacial score (nSPS) is 14.8. The molecule has 0 bridgehead atoms. The number of aromatic nitrogens is 3. The summed E-state index contributed by atoms with van der Waals surface area (Å²) >= 11 is 2.95. The van der Waals surface area contributed by atoms with Gasteiger partial charge >= 0.3 is 0 Å². The van der Waals surface area contributed by atoms with Crippen LogP contribution in [0.3, 0.4) is 0 Å². The second-order valence-corrected chi connectivity index (χ2v) is 10.5. The Balaban J connectivity index is 1.17. The fourth-order valence-electron chi connectivity index (χ4n) is 4.05. The second kappa shape index (κ2) is 12.2. The van der Waals surface area contributed by atoms with Crippen molar-refractivity contribution in [3.8, 4) is 16.5 Å². The predicted octanol–water partition coefficient (Wildman–Crippen LogP) is 5.18. The summed E-state index contributed by atoms with van der Waals surface area (Å²) in [5.41, 5.74) is 1.76. The van der Waals surface area contributed by atoms with Gasteiger partial charge in [0.25, 0.3) is 5.91 Å². The maximum Gasteiger partial charge on any atom is 0.255 e. The van der Waals surface area contributed by atoms with Crippen LogP contribution in [-0.2, 0) is 16.1 Å². The van der Waals surface area contributed by atoms with Crippen molar-refractivity contribution in [2.24, 2.45) is 0 Å². The van der Waals surface area contributed by atoms with E-state index in [2.05, 4.69) is 25.4 Å². The average molecular weight is 550 g/mol. The molecule has 1 unspecified atom stereocenters. The SMILES string of the molecule is COc1ccc(NC(=O)c2ccc(NC(=O)CSc3nnc(-c4cccs4)n3CC3CCCO3)cc2)cc1. The molecule has 2 N–H and O–H groups in total. The van der Waals surface area contributed by atoms with Gasteiger partial charge in [-0.25, -0.2) is 0 Å². The number of thiophene rings is 1. The van der Waals surface area contributed by atoms with Gasteiger partial charge in [0, 0.05) is 23.5 Å². The minimum atomic E-state index is -0.240. The number of nitrogens with zero attached hydrogens (tertiary/aromatic N) is 3. The molecule has 38 heavy (non-hydrogen) atoms. The third kappa shape index (κ3) is 6.42. The molecule has 11 heteroatoms. The van der Waals surface area contributed by atoms with Crippen LogP contribution in [0.2, 0.25) is 0 Å². The summed E-state index contributed by atoms with van der Waals surface area (Å²) in [6.45, 7) is 1.43. The van der Waals surface area contributed by atoms with Crippen LogP contribution in [0.15, 0.2) is 71.2 Å². The van der Waals surface area contributed by atoms with Crippen molar-refractivity contribution >= 4 is 46.3 Å². The minimum absolute atomic E-state index is 0.123. The van der Waals surface area contributed by atoms with Crippen LogP contribution in [0.4, 0.5) is 11.4 Å². The number of rotatable bonds is 10. The summed E-state index contributed by atoms with van der Waals surface area (Å²) < 4.78 is 13.0. The second-order valence-electron chi connectivity index (χ2n) is 8.63. The molecule has 1 saturated heterocycles. The number of hydrogen-bond donors (Lipinski definition) is 2. The molecule has 2 amide bonds. The Morgan fingerprint density at radius 2 is 1.84 bits per heavy atom. The average Bonchev–Trinajstić information content (AvgIpc) is 3.72. The fraction of sp³-hybridized carbons (Fsp3) is 0.259. The number of methoxy groups -OCH3 is 1.